The third-order valence-corrected chi connectivity index (χ3v) is 5.04. The van der Waals surface area contributed by atoms with Crippen molar-refractivity contribution in [1.29, 1.82) is 0 Å². The van der Waals surface area contributed by atoms with Crippen LogP contribution in [0.4, 0.5) is 0 Å². The molecule has 1 fully saturated rings. The summed E-state index contributed by atoms with van der Waals surface area (Å²) in [5, 5.41) is 11.0. The van der Waals surface area contributed by atoms with E-state index in [1.54, 1.807) is 12.3 Å². The van der Waals surface area contributed by atoms with Crippen LogP contribution in [0.3, 0.4) is 0 Å². The van der Waals surface area contributed by atoms with Crippen molar-refractivity contribution in [2.75, 3.05) is 13.1 Å². The SMILES string of the molecule is O=C(NCc1n[nH]c(=O)c2ccccc12)[C@H]1CCCN(Cc2ccco2)C1. The molecule has 7 nitrogen and oxygen atoms in total. The molecule has 140 valence electrons. The zero-order valence-corrected chi connectivity index (χ0v) is 15.0. The lowest BCUT2D eigenvalue weighted by atomic mass is 9.97. The first-order chi connectivity index (χ1) is 13.2. The summed E-state index contributed by atoms with van der Waals surface area (Å²) in [6.45, 7) is 2.70. The summed E-state index contributed by atoms with van der Waals surface area (Å²) in [7, 11) is 0. The highest BCUT2D eigenvalue weighted by Crippen LogP contribution is 2.19. The molecule has 0 bridgehead atoms. The number of H-pyrrole nitrogens is 1. The quantitative estimate of drug-likeness (QED) is 0.721. The minimum absolute atomic E-state index is 0.0243. The van der Waals surface area contributed by atoms with E-state index in [2.05, 4.69) is 20.4 Å². The van der Waals surface area contributed by atoms with Crippen LogP contribution in [-0.4, -0.2) is 34.1 Å². The number of aromatic amines is 1. The first-order valence-electron chi connectivity index (χ1n) is 9.19. The van der Waals surface area contributed by atoms with Crippen molar-refractivity contribution >= 4 is 16.7 Å². The van der Waals surface area contributed by atoms with Gasteiger partial charge in [0.25, 0.3) is 5.56 Å². The van der Waals surface area contributed by atoms with Gasteiger partial charge in [-0.05, 0) is 37.6 Å². The summed E-state index contributed by atoms with van der Waals surface area (Å²) < 4.78 is 5.41. The number of carbonyl (C=O) groups is 1. The van der Waals surface area contributed by atoms with Crippen molar-refractivity contribution in [3.63, 3.8) is 0 Å². The van der Waals surface area contributed by atoms with Gasteiger partial charge in [-0.25, -0.2) is 5.10 Å². The molecule has 1 aromatic carbocycles. The van der Waals surface area contributed by atoms with Crippen molar-refractivity contribution in [3.05, 3.63) is 64.5 Å². The summed E-state index contributed by atoms with van der Waals surface area (Å²) in [5.74, 6) is 0.888. The number of amides is 1. The number of rotatable bonds is 5. The van der Waals surface area contributed by atoms with Gasteiger partial charge in [-0.2, -0.15) is 5.10 Å². The number of furan rings is 1. The highest BCUT2D eigenvalue weighted by atomic mass is 16.3. The second kappa shape index (κ2) is 7.75. The van der Waals surface area contributed by atoms with Crippen LogP contribution in [0.25, 0.3) is 10.8 Å². The van der Waals surface area contributed by atoms with E-state index in [4.69, 9.17) is 4.42 Å². The maximum Gasteiger partial charge on any atom is 0.272 e. The van der Waals surface area contributed by atoms with Crippen LogP contribution in [0.5, 0.6) is 0 Å². The number of fused-ring (bicyclic) bond motifs is 1. The number of hydrogen-bond acceptors (Lipinski definition) is 5. The lowest BCUT2D eigenvalue weighted by Gasteiger charge is -2.31. The molecule has 1 atom stereocenters. The Labute approximate surface area is 156 Å². The van der Waals surface area contributed by atoms with Crippen LogP contribution in [0, 0.1) is 5.92 Å². The average molecular weight is 366 g/mol. The fourth-order valence-electron chi connectivity index (χ4n) is 3.66. The normalized spacial score (nSPS) is 17.9. The molecule has 0 unspecified atom stereocenters. The van der Waals surface area contributed by atoms with Crippen LogP contribution in [0.1, 0.15) is 24.3 Å². The van der Waals surface area contributed by atoms with Gasteiger partial charge in [0, 0.05) is 11.9 Å². The Morgan fingerprint density at radius 1 is 1.26 bits per heavy atom. The van der Waals surface area contributed by atoms with Crippen LogP contribution in [-0.2, 0) is 17.9 Å². The molecule has 0 spiro atoms. The predicted octanol–water partition coefficient (Wildman–Crippen LogP) is 2.04. The van der Waals surface area contributed by atoms with Gasteiger partial charge in [-0.3, -0.25) is 14.5 Å². The zero-order chi connectivity index (χ0) is 18.6. The Bertz CT molecular complexity index is 980. The van der Waals surface area contributed by atoms with E-state index in [0.717, 1.165) is 37.1 Å². The molecule has 0 aliphatic carbocycles. The van der Waals surface area contributed by atoms with Crippen LogP contribution in [0.15, 0.2) is 51.9 Å². The zero-order valence-electron chi connectivity index (χ0n) is 15.0. The molecule has 1 amide bonds. The van der Waals surface area contributed by atoms with Gasteiger partial charge in [0.15, 0.2) is 0 Å². The molecule has 1 aliphatic rings. The van der Waals surface area contributed by atoms with Crippen molar-refractivity contribution in [2.45, 2.75) is 25.9 Å². The van der Waals surface area contributed by atoms with Crippen molar-refractivity contribution < 1.29 is 9.21 Å². The Balaban J connectivity index is 1.39. The van der Waals surface area contributed by atoms with Gasteiger partial charge < -0.3 is 9.73 Å². The molecule has 7 heteroatoms. The molecule has 1 aliphatic heterocycles. The second-order valence-electron chi connectivity index (χ2n) is 6.92. The van der Waals surface area contributed by atoms with E-state index in [9.17, 15) is 9.59 Å². The topological polar surface area (TPSA) is 91.2 Å². The van der Waals surface area contributed by atoms with Crippen LogP contribution < -0.4 is 10.9 Å². The summed E-state index contributed by atoms with van der Waals surface area (Å²) in [5.41, 5.74) is 0.448. The van der Waals surface area contributed by atoms with Crippen molar-refractivity contribution in [2.24, 2.45) is 5.92 Å². The van der Waals surface area contributed by atoms with E-state index in [1.165, 1.54) is 0 Å². The fraction of sp³-hybridized carbons (Fsp3) is 0.350. The fourth-order valence-corrected chi connectivity index (χ4v) is 3.66. The van der Waals surface area contributed by atoms with E-state index >= 15 is 0 Å². The van der Waals surface area contributed by atoms with Crippen LogP contribution >= 0.6 is 0 Å². The van der Waals surface area contributed by atoms with Gasteiger partial charge >= 0.3 is 0 Å². The first kappa shape index (κ1) is 17.5. The Kier molecular flexibility index (Phi) is 5.02. The number of nitrogens with zero attached hydrogens (tertiary/aromatic N) is 2. The van der Waals surface area contributed by atoms with E-state index < -0.39 is 0 Å². The van der Waals surface area contributed by atoms with Gasteiger partial charge in [-0.15, -0.1) is 0 Å². The number of piperidine rings is 1. The first-order valence-corrected chi connectivity index (χ1v) is 9.19. The molecule has 1 saturated heterocycles. The third-order valence-electron chi connectivity index (χ3n) is 5.04. The van der Waals surface area contributed by atoms with Crippen molar-refractivity contribution in [3.8, 4) is 0 Å². The number of benzene rings is 1. The molecule has 3 heterocycles. The number of carbonyl (C=O) groups excluding carboxylic acids is 1. The lowest BCUT2D eigenvalue weighted by molar-refractivity contribution is -0.127. The van der Waals surface area contributed by atoms with Gasteiger partial charge in [-0.1, -0.05) is 18.2 Å². The highest BCUT2D eigenvalue weighted by Gasteiger charge is 2.26. The minimum Gasteiger partial charge on any atom is -0.468 e. The molecular weight excluding hydrogens is 344 g/mol. The molecule has 3 aromatic rings. The van der Waals surface area contributed by atoms with Crippen molar-refractivity contribution in [1.82, 2.24) is 20.4 Å². The van der Waals surface area contributed by atoms with Gasteiger partial charge in [0.1, 0.15) is 5.76 Å². The molecule has 0 saturated carbocycles. The Morgan fingerprint density at radius 3 is 2.93 bits per heavy atom. The molecule has 0 radical (unpaired) electrons. The summed E-state index contributed by atoms with van der Waals surface area (Å²) in [4.78, 5) is 26.8. The summed E-state index contributed by atoms with van der Waals surface area (Å²) >= 11 is 0. The monoisotopic (exact) mass is 366 g/mol. The number of likely N-dealkylation sites (tertiary alicyclic amines) is 1. The smallest absolute Gasteiger partial charge is 0.272 e. The Hall–Kier alpha value is -2.93. The number of hydrogen-bond donors (Lipinski definition) is 2. The summed E-state index contributed by atoms with van der Waals surface area (Å²) in [6.07, 6.45) is 3.53. The molecule has 2 N–H and O–H groups in total. The highest BCUT2D eigenvalue weighted by molar-refractivity contribution is 5.84. The molecule has 2 aromatic heterocycles. The molecular formula is C20H22N4O3. The third kappa shape index (κ3) is 3.93. The maximum atomic E-state index is 12.7. The van der Waals surface area contributed by atoms with Gasteiger partial charge in [0.2, 0.25) is 5.91 Å². The standard InChI is InChI=1S/C20H22N4O3/c25-19(14-5-3-9-24(12-14)13-15-6-4-10-27-15)21-11-18-16-7-1-2-8-17(16)20(26)23-22-18/h1-2,4,6-8,10,14H,3,5,9,11-13H2,(H,21,25)(H,23,26)/t14-/m0/s1. The second-order valence-corrected chi connectivity index (χ2v) is 6.92. The van der Waals surface area contributed by atoms with E-state index in [1.807, 2.05) is 30.3 Å². The molecule has 27 heavy (non-hydrogen) atoms. The molecule has 4 rings (SSSR count). The maximum absolute atomic E-state index is 12.7. The van der Waals surface area contributed by atoms with Crippen LogP contribution in [0.2, 0.25) is 0 Å². The minimum atomic E-state index is -0.221. The van der Waals surface area contributed by atoms with E-state index in [0.29, 0.717) is 24.2 Å². The van der Waals surface area contributed by atoms with Gasteiger partial charge in [0.05, 0.1) is 36.4 Å². The summed E-state index contributed by atoms with van der Waals surface area (Å²) in [6, 6.07) is 11.1. The number of aromatic nitrogens is 2. The Morgan fingerprint density at radius 2 is 2.11 bits per heavy atom. The van der Waals surface area contributed by atoms with E-state index in [-0.39, 0.29) is 17.4 Å². The predicted molar refractivity (Wildman–Crippen MR) is 101 cm³/mol. The number of nitrogens with one attached hydrogen (secondary N) is 2. The average Bonchev–Trinajstić information content (AvgIpc) is 3.21. The lowest BCUT2D eigenvalue weighted by Crippen LogP contribution is -2.42. The largest absolute Gasteiger partial charge is 0.468 e.